The van der Waals surface area contributed by atoms with Crippen LogP contribution in [0.15, 0.2) is 60.8 Å². The van der Waals surface area contributed by atoms with Gasteiger partial charge in [-0.1, -0.05) is 158 Å². The fourth-order valence-corrected chi connectivity index (χ4v) is 6.21. The molecule has 55 heavy (non-hydrogen) atoms. The smallest absolute Gasteiger partial charge is 0.462 e. The Hall–Kier alpha value is -2.29. The van der Waals surface area contributed by atoms with Crippen LogP contribution in [0.4, 0.5) is 0 Å². The Morgan fingerprint density at radius 3 is 1.55 bits per heavy atom. The zero-order chi connectivity index (χ0) is 40.5. The lowest BCUT2D eigenvalue weighted by Crippen LogP contribution is -2.29. The van der Waals surface area contributed by atoms with Crippen molar-refractivity contribution < 1.29 is 43.0 Å². The molecule has 0 fully saturated rings. The molecule has 9 nitrogen and oxygen atoms in total. The Morgan fingerprint density at radius 2 is 1.00 bits per heavy atom. The summed E-state index contributed by atoms with van der Waals surface area (Å²) in [6.07, 6.45) is 47.2. The second kappa shape index (κ2) is 39.9. The monoisotopic (exact) mass is 795 g/mol. The van der Waals surface area contributed by atoms with Crippen LogP contribution in [0.2, 0.25) is 0 Å². The Kier molecular flexibility index (Phi) is 38.3. The van der Waals surface area contributed by atoms with Crippen LogP contribution in [-0.2, 0) is 28.2 Å². The Balaban J connectivity index is 4.01. The molecule has 0 amide bonds. The molecule has 0 aromatic heterocycles. The maximum Gasteiger partial charge on any atom is 0.469 e. The summed E-state index contributed by atoms with van der Waals surface area (Å²) < 4.78 is 26.3. The van der Waals surface area contributed by atoms with Gasteiger partial charge in [-0.05, 0) is 77.0 Å². The van der Waals surface area contributed by atoms with Crippen LogP contribution in [0.1, 0.15) is 187 Å². The number of carbonyl (C=O) groups is 2. The van der Waals surface area contributed by atoms with E-state index >= 15 is 0 Å². The molecule has 0 spiro atoms. The van der Waals surface area contributed by atoms with E-state index in [1.54, 1.807) is 0 Å². The number of phosphoric acid groups is 1. The van der Waals surface area contributed by atoms with Crippen LogP contribution in [0.5, 0.6) is 0 Å². The van der Waals surface area contributed by atoms with Crippen LogP contribution in [0.3, 0.4) is 0 Å². The van der Waals surface area contributed by atoms with E-state index in [-0.39, 0.29) is 25.6 Å². The molecule has 1 unspecified atom stereocenters. The van der Waals surface area contributed by atoms with Crippen LogP contribution >= 0.6 is 7.82 Å². The number of unbranched alkanes of at least 4 members (excludes halogenated alkanes) is 16. The van der Waals surface area contributed by atoms with Gasteiger partial charge in [0.2, 0.25) is 0 Å². The second-order valence-corrected chi connectivity index (χ2v) is 15.7. The Labute approximate surface area is 335 Å². The van der Waals surface area contributed by atoms with Crippen molar-refractivity contribution in [2.45, 2.75) is 199 Å². The minimum Gasteiger partial charge on any atom is -0.462 e. The van der Waals surface area contributed by atoms with Crippen molar-refractivity contribution in [3.63, 3.8) is 0 Å². The van der Waals surface area contributed by atoms with Crippen molar-refractivity contribution in [2.75, 3.05) is 13.2 Å². The fraction of sp³-hybridized carbons (Fsp3) is 0.733. The van der Waals surface area contributed by atoms with Gasteiger partial charge in [-0.3, -0.25) is 14.1 Å². The van der Waals surface area contributed by atoms with Gasteiger partial charge in [-0.25, -0.2) is 4.57 Å². The summed E-state index contributed by atoms with van der Waals surface area (Å²) in [5, 5.41) is 9.71. The van der Waals surface area contributed by atoms with Crippen LogP contribution < -0.4 is 0 Å². The highest BCUT2D eigenvalue weighted by Crippen LogP contribution is 2.36. The highest BCUT2D eigenvalue weighted by atomic mass is 31.2. The minimum atomic E-state index is -4.78. The number of hydrogen-bond acceptors (Lipinski definition) is 7. The predicted molar refractivity (Wildman–Crippen MR) is 227 cm³/mol. The maximum atomic E-state index is 12.4. The molecular weight excluding hydrogens is 715 g/mol. The molecule has 0 saturated heterocycles. The number of allylic oxidation sites excluding steroid dienone is 9. The van der Waals surface area contributed by atoms with Gasteiger partial charge < -0.3 is 24.4 Å². The van der Waals surface area contributed by atoms with Crippen LogP contribution in [0, 0.1) is 0 Å². The molecule has 318 valence electrons. The number of ether oxygens (including phenoxy) is 2. The van der Waals surface area contributed by atoms with E-state index in [1.807, 2.05) is 18.2 Å². The molecule has 0 saturated carbocycles. The summed E-state index contributed by atoms with van der Waals surface area (Å²) in [5.74, 6) is -0.974. The Bertz CT molecular complexity index is 1090. The lowest BCUT2D eigenvalue weighted by Gasteiger charge is -2.18. The van der Waals surface area contributed by atoms with E-state index in [1.165, 1.54) is 83.5 Å². The molecule has 0 aliphatic carbocycles. The highest BCUT2D eigenvalue weighted by molar-refractivity contribution is 7.46. The van der Waals surface area contributed by atoms with Gasteiger partial charge in [0.05, 0.1) is 12.7 Å². The largest absolute Gasteiger partial charge is 0.469 e. The van der Waals surface area contributed by atoms with E-state index in [9.17, 15) is 19.3 Å². The number of esters is 2. The van der Waals surface area contributed by atoms with Gasteiger partial charge in [0.1, 0.15) is 6.61 Å². The van der Waals surface area contributed by atoms with Crippen molar-refractivity contribution in [1.29, 1.82) is 0 Å². The lowest BCUT2D eigenvalue weighted by atomic mass is 10.1. The number of aliphatic hydroxyl groups excluding tert-OH is 1. The van der Waals surface area contributed by atoms with Crippen molar-refractivity contribution in [3.05, 3.63) is 60.8 Å². The predicted octanol–water partition coefficient (Wildman–Crippen LogP) is 12.3. The first-order valence-electron chi connectivity index (χ1n) is 21.7. The second-order valence-electron chi connectivity index (χ2n) is 14.5. The molecule has 0 aromatic carbocycles. The molecule has 0 rings (SSSR count). The number of aliphatic hydroxyl groups is 1. The van der Waals surface area contributed by atoms with E-state index in [0.717, 1.165) is 51.4 Å². The first kappa shape index (κ1) is 52.7. The van der Waals surface area contributed by atoms with Gasteiger partial charge in [-0.15, -0.1) is 0 Å². The molecule has 10 heteroatoms. The lowest BCUT2D eigenvalue weighted by molar-refractivity contribution is -0.161. The zero-order valence-corrected chi connectivity index (χ0v) is 35.6. The molecule has 2 atom stereocenters. The van der Waals surface area contributed by atoms with E-state index in [2.05, 4.69) is 60.9 Å². The van der Waals surface area contributed by atoms with E-state index in [4.69, 9.17) is 19.3 Å². The van der Waals surface area contributed by atoms with Crippen LogP contribution in [-0.4, -0.2) is 52.3 Å². The maximum absolute atomic E-state index is 12.4. The summed E-state index contributed by atoms with van der Waals surface area (Å²) >= 11 is 0. The standard InChI is InChI=1S/C45H79O9P/c1-3-5-6-7-8-9-10-11-12-13-14-15-16-19-23-26-29-32-35-39-45(48)54-43(41-53-55(49,50)51)40-52-44(47)38-34-31-28-25-22-20-17-18-21-24-27-30-33-37-42(46)36-4-2/h11-12,17,20-21,24-25,28,30,33,42-43,46H,3-10,13-16,18-19,22-23,26-27,29,31-32,34-41H2,1-2H3,(H2,49,50,51)/b12-11-,20-17-,24-21-,28-25-,33-30-/t42?,43-/m1/s1. The zero-order valence-electron chi connectivity index (χ0n) is 34.7. The summed E-state index contributed by atoms with van der Waals surface area (Å²) in [4.78, 5) is 42.9. The van der Waals surface area contributed by atoms with Crippen LogP contribution in [0.25, 0.3) is 0 Å². The Morgan fingerprint density at radius 1 is 0.545 bits per heavy atom. The van der Waals surface area contributed by atoms with E-state index < -0.39 is 32.5 Å². The fourth-order valence-electron chi connectivity index (χ4n) is 5.85. The third-order valence-corrected chi connectivity index (χ3v) is 9.55. The first-order chi connectivity index (χ1) is 26.7. The third kappa shape index (κ3) is 42.7. The van der Waals surface area contributed by atoms with Gasteiger partial charge in [0.25, 0.3) is 0 Å². The molecule has 0 aromatic rings. The van der Waals surface area contributed by atoms with Crippen molar-refractivity contribution >= 4 is 19.8 Å². The molecule has 0 aliphatic rings. The number of carbonyl (C=O) groups excluding carboxylic acids is 2. The number of phosphoric ester groups is 1. The van der Waals surface area contributed by atoms with Gasteiger partial charge >= 0.3 is 19.8 Å². The minimum absolute atomic E-state index is 0.174. The highest BCUT2D eigenvalue weighted by Gasteiger charge is 2.22. The normalized spacial score (nSPS) is 13.6. The van der Waals surface area contributed by atoms with Crippen molar-refractivity contribution in [2.24, 2.45) is 0 Å². The molecule has 0 bridgehead atoms. The average Bonchev–Trinajstić information content (AvgIpc) is 3.15. The molecule has 0 aliphatic heterocycles. The topological polar surface area (TPSA) is 140 Å². The molecule has 3 N–H and O–H groups in total. The first-order valence-corrected chi connectivity index (χ1v) is 23.2. The number of hydrogen-bond donors (Lipinski definition) is 3. The van der Waals surface area contributed by atoms with E-state index in [0.29, 0.717) is 25.7 Å². The SMILES string of the molecule is CCCCCCCC/C=C\CCCCCCCCCCCC(=O)O[C@H](COC(=O)CCC/C=C\C/C=C\C/C=C\C/C=C\CC(O)CCC)COP(=O)(O)O. The van der Waals surface area contributed by atoms with Gasteiger partial charge in [-0.2, -0.15) is 0 Å². The van der Waals surface area contributed by atoms with Gasteiger partial charge in [0, 0.05) is 12.8 Å². The summed E-state index contributed by atoms with van der Waals surface area (Å²) in [6, 6.07) is 0. The summed E-state index contributed by atoms with van der Waals surface area (Å²) in [7, 11) is -4.78. The van der Waals surface area contributed by atoms with Gasteiger partial charge in [0.15, 0.2) is 6.10 Å². The molecular formula is C45H79O9P. The summed E-state index contributed by atoms with van der Waals surface area (Å²) in [6.45, 7) is 3.44. The van der Waals surface area contributed by atoms with Crippen molar-refractivity contribution in [1.82, 2.24) is 0 Å². The molecule has 0 radical (unpaired) electrons. The third-order valence-electron chi connectivity index (χ3n) is 9.06. The molecule has 0 heterocycles. The number of rotatable bonds is 39. The quantitative estimate of drug-likeness (QED) is 0.0240. The average molecular weight is 795 g/mol. The summed E-state index contributed by atoms with van der Waals surface area (Å²) in [5.41, 5.74) is 0. The van der Waals surface area contributed by atoms with Crippen molar-refractivity contribution in [3.8, 4) is 0 Å².